The number of hydrogen-bond donors (Lipinski definition) is 1. The Labute approximate surface area is 163 Å². The van der Waals surface area contributed by atoms with Crippen LogP contribution >= 0.6 is 11.3 Å². The molecule has 1 saturated heterocycles. The predicted octanol–water partition coefficient (Wildman–Crippen LogP) is 4.62. The number of ketones is 1. The zero-order valence-corrected chi connectivity index (χ0v) is 16.2. The summed E-state index contributed by atoms with van der Waals surface area (Å²) in [5.41, 5.74) is 1.37. The van der Waals surface area contributed by atoms with Gasteiger partial charge in [-0.05, 0) is 75.3 Å². The van der Waals surface area contributed by atoms with Crippen molar-refractivity contribution in [3.63, 3.8) is 0 Å². The van der Waals surface area contributed by atoms with Gasteiger partial charge >= 0.3 is 0 Å². The Kier molecular flexibility index (Phi) is 5.14. The van der Waals surface area contributed by atoms with Crippen LogP contribution in [-0.2, 0) is 0 Å². The van der Waals surface area contributed by atoms with Crippen LogP contribution in [0.25, 0.3) is 10.1 Å². The second-order valence-electron chi connectivity index (χ2n) is 6.96. The molecule has 0 radical (unpaired) electrons. The molecule has 1 aliphatic rings. The molecule has 0 bridgehead atoms. The molecule has 5 heteroatoms. The van der Waals surface area contributed by atoms with E-state index in [4.69, 9.17) is 4.74 Å². The number of carbonyl (C=O) groups is 1. The summed E-state index contributed by atoms with van der Waals surface area (Å²) in [4.78, 5) is 16.4. The third kappa shape index (κ3) is 3.84. The zero-order chi connectivity index (χ0) is 18.8. The molecule has 0 amide bonds. The second kappa shape index (κ2) is 7.71. The maximum absolute atomic E-state index is 13.0. The fraction of sp³-hybridized carbons (Fsp3) is 0.318. The van der Waals surface area contributed by atoms with Crippen molar-refractivity contribution >= 4 is 27.2 Å². The number of nitrogens with zero attached hydrogens (tertiary/aromatic N) is 1. The van der Waals surface area contributed by atoms with Gasteiger partial charge in [-0.25, -0.2) is 0 Å². The summed E-state index contributed by atoms with van der Waals surface area (Å²) in [6.45, 7) is 5.91. The van der Waals surface area contributed by atoms with Gasteiger partial charge in [-0.2, -0.15) is 0 Å². The van der Waals surface area contributed by atoms with Crippen molar-refractivity contribution in [2.45, 2.75) is 19.8 Å². The quantitative estimate of drug-likeness (QED) is 0.633. The van der Waals surface area contributed by atoms with Crippen LogP contribution in [0.5, 0.6) is 11.5 Å². The van der Waals surface area contributed by atoms with Crippen molar-refractivity contribution in [2.24, 2.45) is 0 Å². The number of phenolic OH excluding ortho intramolecular Hbond substituents is 1. The zero-order valence-electron chi connectivity index (χ0n) is 15.4. The Bertz CT molecular complexity index is 956. The van der Waals surface area contributed by atoms with E-state index in [-0.39, 0.29) is 11.5 Å². The predicted molar refractivity (Wildman–Crippen MR) is 109 cm³/mol. The molecule has 0 atom stereocenters. The van der Waals surface area contributed by atoms with Crippen LogP contribution in [0, 0.1) is 6.92 Å². The smallest absolute Gasteiger partial charge is 0.194 e. The molecule has 0 spiro atoms. The van der Waals surface area contributed by atoms with E-state index in [2.05, 4.69) is 4.90 Å². The number of hydrogen-bond acceptors (Lipinski definition) is 5. The summed E-state index contributed by atoms with van der Waals surface area (Å²) in [5, 5.41) is 10.6. The molecule has 0 unspecified atom stereocenters. The van der Waals surface area contributed by atoms with Gasteiger partial charge in [-0.15, -0.1) is 11.3 Å². The first-order chi connectivity index (χ1) is 13.1. The number of rotatable bonds is 6. The van der Waals surface area contributed by atoms with Crippen molar-refractivity contribution in [1.29, 1.82) is 0 Å². The normalized spacial score (nSPS) is 14.7. The fourth-order valence-corrected chi connectivity index (χ4v) is 4.73. The topological polar surface area (TPSA) is 49.8 Å². The van der Waals surface area contributed by atoms with Gasteiger partial charge < -0.3 is 9.84 Å². The number of likely N-dealkylation sites (tertiary alicyclic amines) is 1. The summed E-state index contributed by atoms with van der Waals surface area (Å²) in [7, 11) is 0. The molecule has 140 valence electrons. The van der Waals surface area contributed by atoms with E-state index in [1.165, 1.54) is 37.3 Å². The number of ether oxygens (including phenoxy) is 1. The molecule has 4 nitrogen and oxygen atoms in total. The average Bonchev–Trinajstić information content (AvgIpc) is 3.28. The number of phenols is 1. The van der Waals surface area contributed by atoms with Gasteiger partial charge in [0.2, 0.25) is 0 Å². The number of aromatic hydroxyl groups is 1. The lowest BCUT2D eigenvalue weighted by Crippen LogP contribution is -2.25. The van der Waals surface area contributed by atoms with Crippen molar-refractivity contribution in [3.8, 4) is 11.5 Å². The van der Waals surface area contributed by atoms with Gasteiger partial charge in [0.05, 0.1) is 0 Å². The number of carbonyl (C=O) groups excluding carboxylic acids is 1. The number of aryl methyl sites for hydroxylation is 1. The molecule has 1 fully saturated rings. The van der Waals surface area contributed by atoms with Crippen molar-refractivity contribution in [2.75, 3.05) is 26.2 Å². The molecule has 3 aromatic rings. The highest BCUT2D eigenvalue weighted by molar-refractivity contribution is 7.19. The van der Waals surface area contributed by atoms with Gasteiger partial charge in [0.25, 0.3) is 0 Å². The summed E-state index contributed by atoms with van der Waals surface area (Å²) in [5.74, 6) is 1.02. The van der Waals surface area contributed by atoms with E-state index >= 15 is 0 Å². The maximum Gasteiger partial charge on any atom is 0.194 e. The minimum Gasteiger partial charge on any atom is -0.508 e. The number of thiophene rings is 1. The molecule has 1 aromatic heterocycles. The fourth-order valence-electron chi connectivity index (χ4n) is 3.64. The number of benzene rings is 2. The third-order valence-corrected chi connectivity index (χ3v) is 6.14. The molecule has 27 heavy (non-hydrogen) atoms. The first kappa shape index (κ1) is 18.0. The first-order valence-corrected chi connectivity index (χ1v) is 10.2. The minimum atomic E-state index is 0.00746. The lowest BCUT2D eigenvalue weighted by atomic mass is 10.0. The Morgan fingerprint density at radius 1 is 1.15 bits per heavy atom. The molecule has 4 rings (SSSR count). The molecule has 1 aliphatic heterocycles. The van der Waals surface area contributed by atoms with E-state index in [0.29, 0.717) is 12.2 Å². The van der Waals surface area contributed by atoms with Crippen LogP contribution in [-0.4, -0.2) is 42.0 Å². The van der Waals surface area contributed by atoms with Crippen LogP contribution in [0.4, 0.5) is 0 Å². The second-order valence-corrected chi connectivity index (χ2v) is 8.22. The highest BCUT2D eigenvalue weighted by Gasteiger charge is 2.18. The standard InChI is InChI=1S/C22H23NO3S/c1-15-21(19-9-6-17(24)14-20(19)27-15)22(25)16-4-7-18(8-5-16)26-13-12-23-10-2-3-11-23/h4-9,14,24H,2-3,10-13H2,1H3. The van der Waals surface area contributed by atoms with Gasteiger partial charge in [0.1, 0.15) is 18.1 Å². The molecule has 1 N–H and O–H groups in total. The minimum absolute atomic E-state index is 0.00746. The average molecular weight is 381 g/mol. The Morgan fingerprint density at radius 3 is 2.63 bits per heavy atom. The largest absolute Gasteiger partial charge is 0.508 e. The molecule has 0 saturated carbocycles. The molecule has 0 aliphatic carbocycles. The summed E-state index contributed by atoms with van der Waals surface area (Å²) in [6.07, 6.45) is 2.57. The molecular weight excluding hydrogens is 358 g/mol. The van der Waals surface area contributed by atoms with Crippen molar-refractivity contribution < 1.29 is 14.6 Å². The lowest BCUT2D eigenvalue weighted by Gasteiger charge is -2.15. The third-order valence-electron chi connectivity index (χ3n) is 5.07. The lowest BCUT2D eigenvalue weighted by molar-refractivity contribution is 0.104. The van der Waals surface area contributed by atoms with E-state index in [0.717, 1.165) is 32.8 Å². The van der Waals surface area contributed by atoms with Crippen molar-refractivity contribution in [3.05, 3.63) is 58.5 Å². The highest BCUT2D eigenvalue weighted by atomic mass is 32.1. The van der Waals surface area contributed by atoms with Crippen LogP contribution in [0.15, 0.2) is 42.5 Å². The summed E-state index contributed by atoms with van der Waals surface area (Å²) in [6, 6.07) is 12.6. The number of fused-ring (bicyclic) bond motifs is 1. The van der Waals surface area contributed by atoms with Gasteiger partial charge in [-0.1, -0.05) is 0 Å². The van der Waals surface area contributed by atoms with Gasteiger partial charge in [-0.3, -0.25) is 9.69 Å². The van der Waals surface area contributed by atoms with Gasteiger partial charge in [0.15, 0.2) is 5.78 Å². The molecule has 2 aromatic carbocycles. The first-order valence-electron chi connectivity index (χ1n) is 9.34. The van der Waals surface area contributed by atoms with Crippen LogP contribution < -0.4 is 4.74 Å². The Hall–Kier alpha value is -2.37. The van der Waals surface area contributed by atoms with Gasteiger partial charge in [0, 0.05) is 32.6 Å². The van der Waals surface area contributed by atoms with E-state index < -0.39 is 0 Å². The van der Waals surface area contributed by atoms with Crippen LogP contribution in [0.2, 0.25) is 0 Å². The Morgan fingerprint density at radius 2 is 1.89 bits per heavy atom. The molecule has 2 heterocycles. The SMILES string of the molecule is Cc1sc2cc(O)ccc2c1C(=O)c1ccc(OCCN2CCCC2)cc1. The van der Waals surface area contributed by atoms with E-state index in [1.54, 1.807) is 12.1 Å². The molecular formula is C22H23NO3S. The monoisotopic (exact) mass is 381 g/mol. The van der Waals surface area contributed by atoms with Crippen molar-refractivity contribution in [1.82, 2.24) is 4.90 Å². The van der Waals surface area contributed by atoms with E-state index in [9.17, 15) is 9.90 Å². The van der Waals surface area contributed by atoms with Crippen LogP contribution in [0.3, 0.4) is 0 Å². The highest BCUT2D eigenvalue weighted by Crippen LogP contribution is 2.34. The maximum atomic E-state index is 13.0. The van der Waals surface area contributed by atoms with Crippen LogP contribution in [0.1, 0.15) is 33.6 Å². The van der Waals surface area contributed by atoms with E-state index in [1.807, 2.05) is 37.3 Å². The summed E-state index contributed by atoms with van der Waals surface area (Å²) < 4.78 is 6.75. The summed E-state index contributed by atoms with van der Waals surface area (Å²) >= 11 is 1.53. The Balaban J connectivity index is 1.47.